The van der Waals surface area contributed by atoms with Gasteiger partial charge in [0.1, 0.15) is 0 Å². The summed E-state index contributed by atoms with van der Waals surface area (Å²) < 4.78 is 0. The van der Waals surface area contributed by atoms with Gasteiger partial charge >= 0.3 is 0 Å². The van der Waals surface area contributed by atoms with Crippen LogP contribution in [0.2, 0.25) is 0 Å². The summed E-state index contributed by atoms with van der Waals surface area (Å²) in [6.45, 7) is 6.78. The summed E-state index contributed by atoms with van der Waals surface area (Å²) in [5.41, 5.74) is 0.255. The van der Waals surface area contributed by atoms with E-state index in [1.54, 1.807) is 11.3 Å². The normalized spacial score (nSPS) is 14.0. The third kappa shape index (κ3) is 2.58. The highest BCUT2D eigenvalue weighted by Crippen LogP contribution is 2.40. The molecule has 2 rings (SSSR count). The summed E-state index contributed by atoms with van der Waals surface area (Å²) in [5.74, 6) is 0. The van der Waals surface area contributed by atoms with Crippen LogP contribution in [0.25, 0.3) is 0 Å². The monoisotopic (exact) mass is 314 g/mol. The lowest BCUT2D eigenvalue weighted by Crippen LogP contribution is -2.07. The minimum absolute atomic E-state index is 0.255. The SMILES string of the molecule is CC(C)(C)c1ccc(C(Br)c2cccs2)s1. The predicted molar refractivity (Wildman–Crippen MR) is 78.1 cm³/mol. The van der Waals surface area contributed by atoms with Crippen LogP contribution in [0.3, 0.4) is 0 Å². The van der Waals surface area contributed by atoms with E-state index in [2.05, 4.69) is 66.3 Å². The lowest BCUT2D eigenvalue weighted by Gasteiger charge is -2.15. The van der Waals surface area contributed by atoms with Crippen molar-refractivity contribution in [2.45, 2.75) is 31.0 Å². The topological polar surface area (TPSA) is 0 Å². The molecule has 1 unspecified atom stereocenters. The molecule has 0 nitrogen and oxygen atoms in total. The van der Waals surface area contributed by atoms with Crippen molar-refractivity contribution in [3.8, 4) is 0 Å². The fraction of sp³-hybridized carbons (Fsp3) is 0.385. The van der Waals surface area contributed by atoms with E-state index in [9.17, 15) is 0 Å². The molecule has 0 N–H and O–H groups in total. The van der Waals surface area contributed by atoms with E-state index < -0.39 is 0 Å². The summed E-state index contributed by atoms with van der Waals surface area (Å²) in [4.78, 5) is 4.58. The largest absolute Gasteiger partial charge is 0.147 e. The van der Waals surface area contributed by atoms with Gasteiger partial charge in [0.25, 0.3) is 0 Å². The number of hydrogen-bond acceptors (Lipinski definition) is 2. The van der Waals surface area contributed by atoms with Crippen LogP contribution in [0.4, 0.5) is 0 Å². The van der Waals surface area contributed by atoms with Crippen LogP contribution < -0.4 is 0 Å². The second-order valence-corrected chi connectivity index (χ2v) is 7.84. The molecule has 2 aromatic heterocycles. The van der Waals surface area contributed by atoms with Gasteiger partial charge in [-0.15, -0.1) is 22.7 Å². The Kier molecular flexibility index (Phi) is 3.57. The average Bonchev–Trinajstić information content (AvgIpc) is 2.87. The molecular formula is C13H15BrS2. The fourth-order valence-electron chi connectivity index (χ4n) is 1.47. The zero-order valence-corrected chi connectivity index (χ0v) is 12.9. The van der Waals surface area contributed by atoms with Gasteiger partial charge in [-0.3, -0.25) is 0 Å². The minimum atomic E-state index is 0.255. The molecule has 16 heavy (non-hydrogen) atoms. The lowest BCUT2D eigenvalue weighted by atomic mass is 9.95. The second kappa shape index (κ2) is 4.63. The van der Waals surface area contributed by atoms with Gasteiger partial charge in [-0.25, -0.2) is 0 Å². The van der Waals surface area contributed by atoms with Gasteiger partial charge in [0, 0.05) is 14.6 Å². The Hall–Kier alpha value is -0.120. The van der Waals surface area contributed by atoms with E-state index in [-0.39, 0.29) is 5.41 Å². The Balaban J connectivity index is 2.26. The Labute approximate surface area is 113 Å². The molecule has 0 saturated carbocycles. The number of halogens is 1. The number of hydrogen-bond donors (Lipinski definition) is 0. The van der Waals surface area contributed by atoms with Gasteiger partial charge in [-0.1, -0.05) is 42.8 Å². The van der Waals surface area contributed by atoms with Gasteiger partial charge in [-0.05, 0) is 29.0 Å². The Morgan fingerprint density at radius 3 is 2.38 bits per heavy atom. The fourth-order valence-corrected chi connectivity index (χ4v) is 4.23. The first-order chi connectivity index (χ1) is 7.48. The maximum Gasteiger partial charge on any atom is 0.0831 e. The van der Waals surface area contributed by atoms with Crippen molar-refractivity contribution in [3.05, 3.63) is 44.3 Å². The molecule has 0 fully saturated rings. The van der Waals surface area contributed by atoms with Gasteiger partial charge in [0.05, 0.1) is 4.83 Å². The van der Waals surface area contributed by atoms with Crippen molar-refractivity contribution >= 4 is 38.6 Å². The van der Waals surface area contributed by atoms with Crippen LogP contribution in [-0.4, -0.2) is 0 Å². The Morgan fingerprint density at radius 2 is 1.88 bits per heavy atom. The maximum absolute atomic E-state index is 3.77. The Bertz CT molecular complexity index is 448. The molecule has 1 atom stereocenters. The summed E-state index contributed by atoms with van der Waals surface area (Å²) in [6.07, 6.45) is 0. The molecule has 2 heterocycles. The first-order valence-corrected chi connectivity index (χ1v) is 7.87. The van der Waals surface area contributed by atoms with Crippen molar-refractivity contribution < 1.29 is 0 Å². The summed E-state index contributed by atoms with van der Waals surface area (Å²) in [5, 5.41) is 2.13. The van der Waals surface area contributed by atoms with Crippen molar-refractivity contribution in [1.29, 1.82) is 0 Å². The van der Waals surface area contributed by atoms with Crippen molar-refractivity contribution in [2.75, 3.05) is 0 Å². The lowest BCUT2D eigenvalue weighted by molar-refractivity contribution is 0.604. The zero-order chi connectivity index (χ0) is 11.8. The van der Waals surface area contributed by atoms with Crippen LogP contribution >= 0.6 is 38.6 Å². The molecule has 0 radical (unpaired) electrons. The van der Waals surface area contributed by atoms with Gasteiger partial charge in [0.15, 0.2) is 0 Å². The average molecular weight is 315 g/mol. The first-order valence-electron chi connectivity index (χ1n) is 5.26. The predicted octanol–water partition coefficient (Wildman–Crippen LogP) is 5.59. The van der Waals surface area contributed by atoms with E-state index in [0.29, 0.717) is 4.83 Å². The molecular weight excluding hydrogens is 300 g/mol. The van der Waals surface area contributed by atoms with E-state index in [0.717, 1.165) is 0 Å². The van der Waals surface area contributed by atoms with Crippen molar-refractivity contribution in [1.82, 2.24) is 0 Å². The summed E-state index contributed by atoms with van der Waals surface area (Å²) >= 11 is 7.48. The number of rotatable bonds is 2. The number of alkyl halides is 1. The molecule has 3 heteroatoms. The summed E-state index contributed by atoms with van der Waals surface area (Å²) in [6, 6.07) is 8.78. The molecule has 0 spiro atoms. The Morgan fingerprint density at radius 1 is 1.12 bits per heavy atom. The highest BCUT2D eigenvalue weighted by atomic mass is 79.9. The van der Waals surface area contributed by atoms with E-state index >= 15 is 0 Å². The first kappa shape index (κ1) is 12.3. The smallest absolute Gasteiger partial charge is 0.0831 e. The van der Waals surface area contributed by atoms with Crippen LogP contribution in [-0.2, 0) is 5.41 Å². The standard InChI is InChI=1S/C13H15BrS2/c1-13(2,3)11-7-6-10(16-11)12(14)9-5-4-8-15-9/h4-8,12H,1-3H3. The van der Waals surface area contributed by atoms with E-state index in [1.165, 1.54) is 14.6 Å². The molecule has 0 aliphatic heterocycles. The highest BCUT2D eigenvalue weighted by molar-refractivity contribution is 9.09. The third-order valence-electron chi connectivity index (χ3n) is 2.41. The molecule has 0 aliphatic carbocycles. The molecule has 0 amide bonds. The van der Waals surface area contributed by atoms with Crippen molar-refractivity contribution in [2.24, 2.45) is 0 Å². The third-order valence-corrected chi connectivity index (χ3v) is 6.51. The molecule has 0 bridgehead atoms. The molecule has 86 valence electrons. The number of thiophene rings is 2. The molecule has 2 aromatic rings. The van der Waals surface area contributed by atoms with Crippen LogP contribution in [0.5, 0.6) is 0 Å². The quantitative estimate of drug-likeness (QED) is 0.634. The molecule has 0 aliphatic rings. The van der Waals surface area contributed by atoms with Gasteiger partial charge in [0.2, 0.25) is 0 Å². The maximum atomic E-state index is 3.77. The minimum Gasteiger partial charge on any atom is -0.147 e. The van der Waals surface area contributed by atoms with Gasteiger partial charge in [-0.2, -0.15) is 0 Å². The zero-order valence-electron chi connectivity index (χ0n) is 9.66. The van der Waals surface area contributed by atoms with E-state index in [4.69, 9.17) is 0 Å². The van der Waals surface area contributed by atoms with E-state index in [1.807, 2.05) is 11.3 Å². The highest BCUT2D eigenvalue weighted by Gasteiger charge is 2.19. The van der Waals surface area contributed by atoms with Crippen molar-refractivity contribution in [3.63, 3.8) is 0 Å². The molecule has 0 aromatic carbocycles. The van der Waals surface area contributed by atoms with Crippen LogP contribution in [0.1, 0.15) is 40.2 Å². The van der Waals surface area contributed by atoms with Crippen LogP contribution in [0.15, 0.2) is 29.6 Å². The van der Waals surface area contributed by atoms with Gasteiger partial charge < -0.3 is 0 Å². The van der Waals surface area contributed by atoms with Crippen LogP contribution in [0, 0.1) is 0 Å². The molecule has 0 saturated heterocycles. The second-order valence-electron chi connectivity index (χ2n) is 4.83. The summed E-state index contributed by atoms with van der Waals surface area (Å²) in [7, 11) is 0.